The Morgan fingerprint density at radius 3 is 2.71 bits per heavy atom. The second-order valence-corrected chi connectivity index (χ2v) is 3.91. The first-order chi connectivity index (χ1) is 8.15. The van der Waals surface area contributed by atoms with Crippen LogP contribution in [0.3, 0.4) is 0 Å². The van der Waals surface area contributed by atoms with Gasteiger partial charge in [0.2, 0.25) is 0 Å². The summed E-state index contributed by atoms with van der Waals surface area (Å²) in [5.74, 6) is 2.53. The van der Waals surface area contributed by atoms with Gasteiger partial charge >= 0.3 is 6.09 Å². The zero-order valence-corrected chi connectivity index (χ0v) is 10.2. The number of carbonyl (C=O) groups excluding carboxylic acids is 1. The highest BCUT2D eigenvalue weighted by atomic mass is 16.6. The minimum absolute atomic E-state index is 0.0109. The molecule has 3 heteroatoms. The third-order valence-corrected chi connectivity index (χ3v) is 2.57. The van der Waals surface area contributed by atoms with E-state index in [1.807, 2.05) is 37.3 Å². The second-order valence-electron chi connectivity index (χ2n) is 3.91. The van der Waals surface area contributed by atoms with Crippen molar-refractivity contribution >= 4 is 6.09 Å². The van der Waals surface area contributed by atoms with Crippen LogP contribution < -0.4 is 0 Å². The average Bonchev–Trinajstić information content (AvgIpc) is 2.36. The van der Waals surface area contributed by atoms with E-state index in [2.05, 4.69) is 5.92 Å². The van der Waals surface area contributed by atoms with Crippen LogP contribution in [0.1, 0.15) is 18.9 Å². The fourth-order valence-electron chi connectivity index (χ4n) is 1.31. The minimum atomic E-state index is -0.350. The van der Waals surface area contributed by atoms with Crippen molar-refractivity contribution in [2.75, 3.05) is 7.05 Å². The number of benzene rings is 1. The number of hydrogen-bond acceptors (Lipinski definition) is 2. The standard InChI is InChI=1S/C14H17NO2/c1-4-8-12(2)15(3)14(16)17-11-13-9-6-5-7-10-13/h1,5-7,9-10,12H,8,11H2,2-3H3. The molecule has 90 valence electrons. The predicted molar refractivity (Wildman–Crippen MR) is 67.3 cm³/mol. The summed E-state index contributed by atoms with van der Waals surface area (Å²) in [6, 6.07) is 9.56. The van der Waals surface area contributed by atoms with Crippen LogP contribution in [0.5, 0.6) is 0 Å². The van der Waals surface area contributed by atoms with Gasteiger partial charge in [-0.25, -0.2) is 4.79 Å². The summed E-state index contributed by atoms with van der Waals surface area (Å²) in [4.78, 5) is 13.2. The minimum Gasteiger partial charge on any atom is -0.445 e. The fourth-order valence-corrected chi connectivity index (χ4v) is 1.31. The maximum Gasteiger partial charge on any atom is 0.410 e. The lowest BCUT2D eigenvalue weighted by atomic mass is 10.2. The summed E-state index contributed by atoms with van der Waals surface area (Å²) in [6.45, 7) is 2.18. The van der Waals surface area contributed by atoms with Crippen LogP contribution in [0.2, 0.25) is 0 Å². The zero-order chi connectivity index (χ0) is 12.7. The Morgan fingerprint density at radius 1 is 1.47 bits per heavy atom. The summed E-state index contributed by atoms with van der Waals surface area (Å²) in [7, 11) is 1.69. The van der Waals surface area contributed by atoms with Crippen LogP contribution in [-0.4, -0.2) is 24.1 Å². The Labute approximate surface area is 102 Å². The van der Waals surface area contributed by atoms with Gasteiger partial charge in [-0.05, 0) is 12.5 Å². The van der Waals surface area contributed by atoms with E-state index in [0.717, 1.165) is 5.56 Å². The largest absolute Gasteiger partial charge is 0.445 e. The molecule has 1 aromatic carbocycles. The smallest absolute Gasteiger partial charge is 0.410 e. The lowest BCUT2D eigenvalue weighted by Gasteiger charge is -2.22. The van der Waals surface area contributed by atoms with E-state index in [-0.39, 0.29) is 18.7 Å². The summed E-state index contributed by atoms with van der Waals surface area (Å²) < 4.78 is 5.18. The summed E-state index contributed by atoms with van der Waals surface area (Å²) >= 11 is 0. The van der Waals surface area contributed by atoms with Gasteiger partial charge in [0.15, 0.2) is 0 Å². The van der Waals surface area contributed by atoms with Crippen molar-refractivity contribution in [1.29, 1.82) is 0 Å². The van der Waals surface area contributed by atoms with Crippen molar-refractivity contribution in [1.82, 2.24) is 4.90 Å². The first-order valence-corrected chi connectivity index (χ1v) is 5.52. The van der Waals surface area contributed by atoms with E-state index in [1.54, 1.807) is 7.05 Å². The molecule has 0 spiro atoms. The highest BCUT2D eigenvalue weighted by molar-refractivity contribution is 5.67. The lowest BCUT2D eigenvalue weighted by molar-refractivity contribution is 0.0942. The Kier molecular flexibility index (Phi) is 5.09. The lowest BCUT2D eigenvalue weighted by Crippen LogP contribution is -2.35. The molecule has 1 unspecified atom stereocenters. The summed E-state index contributed by atoms with van der Waals surface area (Å²) in [5, 5.41) is 0. The summed E-state index contributed by atoms with van der Waals surface area (Å²) in [6.07, 6.45) is 5.38. The van der Waals surface area contributed by atoms with Gasteiger partial charge in [0, 0.05) is 19.5 Å². The van der Waals surface area contributed by atoms with Crippen LogP contribution in [0, 0.1) is 12.3 Å². The molecule has 0 N–H and O–H groups in total. The second kappa shape index (κ2) is 6.59. The van der Waals surface area contributed by atoms with Crippen molar-refractivity contribution in [3.05, 3.63) is 35.9 Å². The molecule has 0 saturated heterocycles. The van der Waals surface area contributed by atoms with Gasteiger partial charge in [0.25, 0.3) is 0 Å². The van der Waals surface area contributed by atoms with E-state index in [4.69, 9.17) is 11.2 Å². The van der Waals surface area contributed by atoms with Crippen LogP contribution in [0.25, 0.3) is 0 Å². The van der Waals surface area contributed by atoms with Gasteiger partial charge in [0.05, 0.1) is 0 Å². The van der Waals surface area contributed by atoms with Crippen LogP contribution in [0.15, 0.2) is 30.3 Å². The van der Waals surface area contributed by atoms with Gasteiger partial charge in [-0.3, -0.25) is 0 Å². The number of ether oxygens (including phenoxy) is 1. The monoisotopic (exact) mass is 231 g/mol. The van der Waals surface area contributed by atoms with Crippen molar-refractivity contribution in [2.45, 2.75) is 26.0 Å². The Bertz CT molecular complexity index is 394. The van der Waals surface area contributed by atoms with Gasteiger partial charge in [0.1, 0.15) is 6.61 Å². The zero-order valence-electron chi connectivity index (χ0n) is 10.2. The van der Waals surface area contributed by atoms with E-state index >= 15 is 0 Å². The third-order valence-electron chi connectivity index (χ3n) is 2.57. The number of carbonyl (C=O) groups is 1. The molecule has 1 amide bonds. The molecular formula is C14H17NO2. The average molecular weight is 231 g/mol. The van der Waals surface area contributed by atoms with Crippen LogP contribution in [0.4, 0.5) is 4.79 Å². The molecule has 0 saturated carbocycles. The molecule has 0 aliphatic heterocycles. The van der Waals surface area contributed by atoms with Crippen molar-refractivity contribution < 1.29 is 9.53 Å². The number of nitrogens with zero attached hydrogens (tertiary/aromatic N) is 1. The maximum absolute atomic E-state index is 11.7. The van der Waals surface area contributed by atoms with Gasteiger partial charge < -0.3 is 9.64 Å². The third kappa shape index (κ3) is 4.20. The molecule has 1 rings (SSSR count). The molecule has 1 aromatic rings. The van der Waals surface area contributed by atoms with Crippen molar-refractivity contribution in [2.24, 2.45) is 0 Å². The van der Waals surface area contributed by atoms with E-state index in [1.165, 1.54) is 4.90 Å². The predicted octanol–water partition coefficient (Wildman–Crippen LogP) is 2.67. The normalized spacial score (nSPS) is 11.4. The van der Waals surface area contributed by atoms with E-state index in [0.29, 0.717) is 6.42 Å². The maximum atomic E-state index is 11.7. The quantitative estimate of drug-likeness (QED) is 0.746. The molecule has 17 heavy (non-hydrogen) atoms. The molecule has 0 aromatic heterocycles. The molecule has 3 nitrogen and oxygen atoms in total. The molecule has 1 atom stereocenters. The highest BCUT2D eigenvalue weighted by Crippen LogP contribution is 2.06. The Morgan fingerprint density at radius 2 is 2.12 bits per heavy atom. The molecule has 0 bridgehead atoms. The van der Waals surface area contributed by atoms with Crippen LogP contribution >= 0.6 is 0 Å². The van der Waals surface area contributed by atoms with E-state index in [9.17, 15) is 4.79 Å². The number of hydrogen-bond donors (Lipinski definition) is 0. The molecular weight excluding hydrogens is 214 g/mol. The SMILES string of the molecule is C#CCC(C)N(C)C(=O)OCc1ccccc1. The summed E-state index contributed by atoms with van der Waals surface area (Å²) in [5.41, 5.74) is 0.971. The number of amides is 1. The Hall–Kier alpha value is -1.95. The fraction of sp³-hybridized carbons (Fsp3) is 0.357. The molecule has 0 heterocycles. The molecule has 0 fully saturated rings. The first kappa shape index (κ1) is 13.1. The first-order valence-electron chi connectivity index (χ1n) is 5.52. The van der Waals surface area contributed by atoms with Gasteiger partial charge in [-0.1, -0.05) is 30.3 Å². The topological polar surface area (TPSA) is 29.5 Å². The van der Waals surface area contributed by atoms with Gasteiger partial charge in [-0.15, -0.1) is 12.3 Å². The Balaban J connectivity index is 2.42. The van der Waals surface area contributed by atoms with Crippen LogP contribution in [-0.2, 0) is 11.3 Å². The van der Waals surface area contributed by atoms with Crippen molar-refractivity contribution in [3.63, 3.8) is 0 Å². The highest BCUT2D eigenvalue weighted by Gasteiger charge is 2.15. The number of terminal acetylenes is 1. The molecule has 0 radical (unpaired) electrons. The number of rotatable bonds is 4. The van der Waals surface area contributed by atoms with Gasteiger partial charge in [-0.2, -0.15) is 0 Å². The molecule has 0 aliphatic rings. The van der Waals surface area contributed by atoms with Crippen molar-refractivity contribution in [3.8, 4) is 12.3 Å². The van der Waals surface area contributed by atoms with E-state index < -0.39 is 0 Å². The molecule has 0 aliphatic carbocycles.